The molecule has 1 amide bonds. The summed E-state index contributed by atoms with van der Waals surface area (Å²) in [6.07, 6.45) is 54.7. The van der Waals surface area contributed by atoms with E-state index in [1.807, 2.05) is 18.2 Å². The van der Waals surface area contributed by atoms with Gasteiger partial charge in [0.05, 0.1) is 25.2 Å². The summed E-state index contributed by atoms with van der Waals surface area (Å²) in [7, 11) is 0. The van der Waals surface area contributed by atoms with Crippen LogP contribution >= 0.6 is 0 Å². The molecule has 0 aliphatic rings. The molecule has 3 unspecified atom stereocenters. The van der Waals surface area contributed by atoms with Crippen LogP contribution in [-0.4, -0.2) is 46.9 Å². The lowest BCUT2D eigenvalue weighted by Crippen LogP contribution is -2.46. The van der Waals surface area contributed by atoms with Gasteiger partial charge in [0.25, 0.3) is 0 Å². The largest absolute Gasteiger partial charge is 0.462 e. The number of unbranched alkanes of at least 4 members (excludes halogenated alkanes) is 27. The Morgan fingerprint density at radius 3 is 1.41 bits per heavy atom. The van der Waals surface area contributed by atoms with Crippen LogP contribution in [0.25, 0.3) is 0 Å². The van der Waals surface area contributed by atoms with E-state index < -0.39 is 18.2 Å². The van der Waals surface area contributed by atoms with E-state index >= 15 is 0 Å². The summed E-state index contributed by atoms with van der Waals surface area (Å²) < 4.78 is 5.88. The first-order chi connectivity index (χ1) is 28.5. The Balaban J connectivity index is 4.37. The van der Waals surface area contributed by atoms with E-state index in [9.17, 15) is 19.8 Å². The number of rotatable bonds is 44. The predicted octanol–water partition coefficient (Wildman–Crippen LogP) is 14.7. The van der Waals surface area contributed by atoms with E-state index in [0.717, 1.165) is 77.0 Å². The molecule has 0 bridgehead atoms. The number of aliphatic hydroxyl groups is 2. The molecule has 6 heteroatoms. The molecule has 58 heavy (non-hydrogen) atoms. The average molecular weight is 814 g/mol. The molecule has 0 aromatic carbocycles. The van der Waals surface area contributed by atoms with Crippen LogP contribution in [0, 0.1) is 0 Å². The zero-order valence-corrected chi connectivity index (χ0v) is 38.4. The van der Waals surface area contributed by atoms with Crippen LogP contribution in [0.15, 0.2) is 48.6 Å². The second-order valence-corrected chi connectivity index (χ2v) is 16.9. The summed E-state index contributed by atoms with van der Waals surface area (Å²) in [6.45, 7) is 6.32. The first kappa shape index (κ1) is 55.8. The highest BCUT2D eigenvalue weighted by Crippen LogP contribution is 2.18. The highest BCUT2D eigenvalue weighted by molar-refractivity contribution is 5.77. The van der Waals surface area contributed by atoms with Gasteiger partial charge < -0.3 is 20.3 Å². The van der Waals surface area contributed by atoms with Crippen LogP contribution in [0.1, 0.15) is 245 Å². The molecule has 0 fully saturated rings. The Labute approximate surface area is 359 Å². The van der Waals surface area contributed by atoms with Crippen LogP contribution in [0.2, 0.25) is 0 Å². The predicted molar refractivity (Wildman–Crippen MR) is 250 cm³/mol. The molecule has 0 aliphatic carbocycles. The number of esters is 1. The summed E-state index contributed by atoms with van der Waals surface area (Å²) in [4.78, 5) is 26.0. The number of amides is 1. The number of carbonyl (C=O) groups excluding carboxylic acids is 2. The van der Waals surface area contributed by atoms with Gasteiger partial charge in [0.1, 0.15) is 6.10 Å². The van der Waals surface area contributed by atoms with Gasteiger partial charge >= 0.3 is 5.97 Å². The van der Waals surface area contributed by atoms with E-state index in [1.165, 1.54) is 122 Å². The maximum absolute atomic E-state index is 13.1. The molecule has 0 aliphatic heterocycles. The number of hydrogen-bond donors (Lipinski definition) is 3. The number of allylic oxidation sites excluding steroid dienone is 8. The third-order valence-electron chi connectivity index (χ3n) is 11.3. The topological polar surface area (TPSA) is 95.9 Å². The van der Waals surface area contributed by atoms with Crippen molar-refractivity contribution in [2.75, 3.05) is 6.61 Å². The normalized spacial score (nSPS) is 13.7. The molecule has 0 aromatic heterocycles. The molecule has 0 saturated carbocycles. The minimum Gasteiger partial charge on any atom is -0.462 e. The van der Waals surface area contributed by atoms with Crippen molar-refractivity contribution in [3.8, 4) is 0 Å². The lowest BCUT2D eigenvalue weighted by Gasteiger charge is -2.24. The van der Waals surface area contributed by atoms with Crippen molar-refractivity contribution in [3.63, 3.8) is 0 Å². The van der Waals surface area contributed by atoms with Gasteiger partial charge in [-0.1, -0.05) is 236 Å². The average Bonchev–Trinajstić information content (AvgIpc) is 3.21. The van der Waals surface area contributed by atoms with Crippen molar-refractivity contribution in [3.05, 3.63) is 48.6 Å². The molecule has 0 spiro atoms. The van der Waals surface area contributed by atoms with E-state index in [1.54, 1.807) is 0 Å². The maximum Gasteiger partial charge on any atom is 0.306 e. The molecule has 0 heterocycles. The molecule has 0 rings (SSSR count). The fourth-order valence-corrected chi connectivity index (χ4v) is 7.50. The summed E-state index contributed by atoms with van der Waals surface area (Å²) in [5.41, 5.74) is 0. The maximum atomic E-state index is 13.1. The molecular formula is C52H95NO5. The van der Waals surface area contributed by atoms with Gasteiger partial charge in [-0.15, -0.1) is 0 Å². The molecule has 3 atom stereocenters. The van der Waals surface area contributed by atoms with Gasteiger partial charge in [-0.2, -0.15) is 0 Å². The van der Waals surface area contributed by atoms with Crippen molar-refractivity contribution < 1.29 is 24.5 Å². The molecule has 0 saturated heterocycles. The zero-order valence-electron chi connectivity index (χ0n) is 38.4. The van der Waals surface area contributed by atoms with E-state index in [-0.39, 0.29) is 24.9 Å². The summed E-state index contributed by atoms with van der Waals surface area (Å²) >= 11 is 0. The number of nitrogens with one attached hydrogen (secondary N) is 1. The summed E-state index contributed by atoms with van der Waals surface area (Å²) in [5, 5.41) is 23.7. The van der Waals surface area contributed by atoms with Crippen LogP contribution in [0.4, 0.5) is 0 Å². The Hall–Kier alpha value is -2.18. The van der Waals surface area contributed by atoms with Gasteiger partial charge in [0, 0.05) is 6.42 Å². The van der Waals surface area contributed by atoms with Crippen LogP contribution in [-0.2, 0) is 14.3 Å². The van der Waals surface area contributed by atoms with Gasteiger partial charge in [0.2, 0.25) is 5.91 Å². The van der Waals surface area contributed by atoms with Crippen LogP contribution in [0.3, 0.4) is 0 Å². The second kappa shape index (κ2) is 45.9. The summed E-state index contributed by atoms with van der Waals surface area (Å²) in [6, 6.07) is -0.703. The van der Waals surface area contributed by atoms with Gasteiger partial charge in [-0.3, -0.25) is 9.59 Å². The number of ether oxygens (including phenoxy) is 1. The Bertz CT molecular complexity index is 1000. The molecule has 6 nitrogen and oxygen atoms in total. The second-order valence-electron chi connectivity index (χ2n) is 16.9. The lowest BCUT2D eigenvalue weighted by atomic mass is 10.0. The van der Waals surface area contributed by atoms with Gasteiger partial charge in [-0.25, -0.2) is 0 Å². The van der Waals surface area contributed by atoms with E-state index in [2.05, 4.69) is 56.5 Å². The smallest absolute Gasteiger partial charge is 0.306 e. The lowest BCUT2D eigenvalue weighted by molar-refractivity contribution is -0.151. The zero-order chi connectivity index (χ0) is 42.4. The minimum atomic E-state index is -0.789. The fourth-order valence-electron chi connectivity index (χ4n) is 7.50. The number of hydrogen-bond acceptors (Lipinski definition) is 5. The highest BCUT2D eigenvalue weighted by atomic mass is 16.5. The SMILES string of the molecule is CC/C=C/C=C/C=C/C=C\CCCCCCCC(=O)OC(CCCCCCCCC)CC(=O)NC(CO)C(O)CCCCCCCCCCCCCCCCCCC. The van der Waals surface area contributed by atoms with Gasteiger partial charge in [-0.05, 0) is 44.9 Å². The fraction of sp³-hybridized carbons (Fsp3) is 0.808. The van der Waals surface area contributed by atoms with Crippen LogP contribution < -0.4 is 5.32 Å². The molecule has 3 N–H and O–H groups in total. The minimum absolute atomic E-state index is 0.0683. The van der Waals surface area contributed by atoms with E-state index in [4.69, 9.17) is 4.74 Å². The molecule has 0 aromatic rings. The van der Waals surface area contributed by atoms with Crippen molar-refractivity contribution >= 4 is 11.9 Å². The highest BCUT2D eigenvalue weighted by Gasteiger charge is 2.24. The Kier molecular flexibility index (Phi) is 44.2. The van der Waals surface area contributed by atoms with Crippen LogP contribution in [0.5, 0.6) is 0 Å². The van der Waals surface area contributed by atoms with E-state index in [0.29, 0.717) is 19.3 Å². The van der Waals surface area contributed by atoms with Crippen molar-refractivity contribution in [1.82, 2.24) is 5.32 Å². The van der Waals surface area contributed by atoms with Crippen molar-refractivity contribution in [1.29, 1.82) is 0 Å². The number of aliphatic hydroxyl groups excluding tert-OH is 2. The molecular weight excluding hydrogens is 719 g/mol. The molecule has 338 valence electrons. The van der Waals surface area contributed by atoms with Crippen molar-refractivity contribution in [2.24, 2.45) is 0 Å². The summed E-state index contributed by atoms with van der Waals surface area (Å²) in [5.74, 6) is -0.501. The molecule has 0 radical (unpaired) electrons. The third kappa shape index (κ3) is 40.6. The number of carbonyl (C=O) groups is 2. The first-order valence-corrected chi connectivity index (χ1v) is 24.9. The first-order valence-electron chi connectivity index (χ1n) is 24.9. The quantitative estimate of drug-likeness (QED) is 0.0323. The Morgan fingerprint density at radius 1 is 0.517 bits per heavy atom. The monoisotopic (exact) mass is 814 g/mol. The van der Waals surface area contributed by atoms with Crippen molar-refractivity contribution in [2.45, 2.75) is 264 Å². The third-order valence-corrected chi connectivity index (χ3v) is 11.3. The van der Waals surface area contributed by atoms with Gasteiger partial charge in [0.15, 0.2) is 0 Å². The Morgan fingerprint density at radius 2 is 0.931 bits per heavy atom. The standard InChI is InChI=1S/C52H95NO5/c1-4-7-10-13-16-18-20-22-24-25-27-28-30-32-35-38-41-44-50(55)49(47-54)53-51(56)46-48(43-40-37-34-15-12-9-6-3)58-52(57)45-42-39-36-33-31-29-26-23-21-19-17-14-11-8-5-2/h8,11,14,17,19,21,23,26,48-50,54-55H,4-7,9-10,12-13,15-16,18,20,22,24-25,27-47H2,1-3H3,(H,53,56)/b11-8+,17-14+,21-19+,26-23-.